The van der Waals surface area contributed by atoms with E-state index in [2.05, 4.69) is 41.0 Å². The Morgan fingerprint density at radius 3 is 2.73 bits per heavy atom. The van der Waals surface area contributed by atoms with Crippen LogP contribution in [0.2, 0.25) is 0 Å². The van der Waals surface area contributed by atoms with Crippen molar-refractivity contribution in [2.24, 2.45) is 7.05 Å². The summed E-state index contributed by atoms with van der Waals surface area (Å²) in [6.07, 6.45) is 1.79. The zero-order valence-corrected chi connectivity index (χ0v) is 13.5. The van der Waals surface area contributed by atoms with Crippen LogP contribution in [-0.4, -0.2) is 37.8 Å². The van der Waals surface area contributed by atoms with Gasteiger partial charge in [0.15, 0.2) is 5.11 Å². The van der Waals surface area contributed by atoms with E-state index in [0.29, 0.717) is 11.7 Å². The van der Waals surface area contributed by atoms with Crippen LogP contribution in [0.5, 0.6) is 0 Å². The number of rotatable bonds is 4. The van der Waals surface area contributed by atoms with Crippen molar-refractivity contribution >= 4 is 17.3 Å². The van der Waals surface area contributed by atoms with Gasteiger partial charge in [-0.1, -0.05) is 6.07 Å². The zero-order chi connectivity index (χ0) is 15.7. The molecule has 2 aromatic rings. The average Bonchev–Trinajstić information content (AvgIpc) is 3.02. The summed E-state index contributed by atoms with van der Waals surface area (Å²) in [4.78, 5) is 6.53. The molecule has 0 spiro atoms. The van der Waals surface area contributed by atoms with Crippen LogP contribution in [0.15, 0.2) is 36.5 Å². The van der Waals surface area contributed by atoms with Gasteiger partial charge in [-0.25, -0.2) is 0 Å². The van der Waals surface area contributed by atoms with Crippen LogP contribution in [0.25, 0.3) is 0 Å². The first-order valence-electron chi connectivity index (χ1n) is 7.34. The summed E-state index contributed by atoms with van der Waals surface area (Å²) in [5.74, 6) is 0. The van der Waals surface area contributed by atoms with Gasteiger partial charge in [0, 0.05) is 31.2 Å². The number of thiocarbonyl (C=S) groups is 1. The number of nitrogens with zero attached hydrogens (tertiary/aromatic N) is 3. The predicted molar refractivity (Wildman–Crippen MR) is 89.4 cm³/mol. The topological polar surface area (TPSA) is 53.3 Å². The van der Waals surface area contributed by atoms with E-state index in [9.17, 15) is 5.11 Å². The summed E-state index contributed by atoms with van der Waals surface area (Å²) in [5, 5.41) is 13.4. The van der Waals surface area contributed by atoms with E-state index in [1.165, 1.54) is 5.69 Å². The molecule has 1 fully saturated rings. The van der Waals surface area contributed by atoms with Crippen LogP contribution in [0.1, 0.15) is 29.2 Å². The highest BCUT2D eigenvalue weighted by atomic mass is 32.1. The van der Waals surface area contributed by atoms with Gasteiger partial charge in [0.2, 0.25) is 0 Å². The first kappa shape index (κ1) is 15.0. The van der Waals surface area contributed by atoms with E-state index < -0.39 is 0 Å². The molecule has 0 bridgehead atoms. The summed E-state index contributed by atoms with van der Waals surface area (Å²) in [7, 11) is 2.05. The van der Waals surface area contributed by atoms with Crippen molar-refractivity contribution in [1.82, 2.24) is 19.8 Å². The average molecular weight is 316 g/mol. The molecule has 3 rings (SSSR count). The van der Waals surface area contributed by atoms with Crippen LogP contribution in [-0.2, 0) is 7.05 Å². The maximum atomic E-state index is 9.39. The Bertz CT molecular complexity index is 670. The zero-order valence-electron chi connectivity index (χ0n) is 12.7. The molecule has 0 radical (unpaired) electrons. The maximum absolute atomic E-state index is 9.39. The van der Waals surface area contributed by atoms with Gasteiger partial charge in [-0.15, -0.1) is 0 Å². The Hall–Kier alpha value is -1.92. The fourth-order valence-electron chi connectivity index (χ4n) is 3.01. The summed E-state index contributed by atoms with van der Waals surface area (Å²) in [5.41, 5.74) is 3.31. The number of aliphatic hydroxyl groups excluding tert-OH is 1. The normalized spacial score (nSPS) is 21.2. The van der Waals surface area contributed by atoms with Gasteiger partial charge < -0.3 is 19.9 Å². The number of aromatic nitrogens is 2. The monoisotopic (exact) mass is 316 g/mol. The summed E-state index contributed by atoms with van der Waals surface area (Å²) >= 11 is 5.48. The number of aliphatic hydroxyl groups is 1. The molecule has 0 aromatic carbocycles. The third-order valence-electron chi connectivity index (χ3n) is 4.25. The molecule has 0 unspecified atom stereocenters. The van der Waals surface area contributed by atoms with E-state index in [1.807, 2.05) is 23.1 Å². The number of hydrogen-bond donors (Lipinski definition) is 2. The van der Waals surface area contributed by atoms with Crippen molar-refractivity contribution in [3.8, 4) is 0 Å². The van der Waals surface area contributed by atoms with E-state index >= 15 is 0 Å². The Balaban J connectivity index is 2.05. The Morgan fingerprint density at radius 2 is 2.14 bits per heavy atom. The van der Waals surface area contributed by atoms with Crippen LogP contribution >= 0.6 is 12.2 Å². The third-order valence-corrected chi connectivity index (χ3v) is 4.61. The Kier molecular flexibility index (Phi) is 4.13. The quantitative estimate of drug-likeness (QED) is 0.841. The molecule has 0 amide bonds. The smallest absolute Gasteiger partial charge is 0.170 e. The highest BCUT2D eigenvalue weighted by Crippen LogP contribution is 2.38. The summed E-state index contributed by atoms with van der Waals surface area (Å²) < 4.78 is 2.17. The van der Waals surface area contributed by atoms with Crippen molar-refractivity contribution in [3.63, 3.8) is 0 Å². The predicted octanol–water partition coefficient (Wildman–Crippen LogP) is 1.69. The van der Waals surface area contributed by atoms with Crippen LogP contribution in [0.4, 0.5) is 0 Å². The molecule has 0 saturated carbocycles. The highest BCUT2D eigenvalue weighted by molar-refractivity contribution is 7.80. The van der Waals surface area contributed by atoms with Gasteiger partial charge in [-0.3, -0.25) is 4.98 Å². The minimum atomic E-state index is -0.0201. The first-order chi connectivity index (χ1) is 10.6. The maximum Gasteiger partial charge on any atom is 0.170 e. The SMILES string of the molecule is Cc1ccc([C@@H]2[C@@H](c3ccccn3)NC(=S)N2CCO)n1C. The molecule has 0 aliphatic carbocycles. The molecule has 1 saturated heterocycles. The van der Waals surface area contributed by atoms with E-state index in [4.69, 9.17) is 12.2 Å². The van der Waals surface area contributed by atoms with Crippen molar-refractivity contribution < 1.29 is 5.11 Å². The second-order valence-electron chi connectivity index (χ2n) is 5.50. The Morgan fingerprint density at radius 1 is 1.32 bits per heavy atom. The molecule has 1 aliphatic rings. The molecule has 2 N–H and O–H groups in total. The lowest BCUT2D eigenvalue weighted by Gasteiger charge is -2.27. The highest BCUT2D eigenvalue weighted by Gasteiger charge is 2.40. The lowest BCUT2D eigenvalue weighted by molar-refractivity contribution is 0.219. The molecule has 22 heavy (non-hydrogen) atoms. The van der Waals surface area contributed by atoms with Gasteiger partial charge in [0.05, 0.1) is 24.4 Å². The fourth-order valence-corrected chi connectivity index (χ4v) is 3.34. The molecule has 2 atom stereocenters. The van der Waals surface area contributed by atoms with E-state index in [1.54, 1.807) is 6.20 Å². The Labute approximate surface area is 135 Å². The number of β-amino-alcohol motifs (C(OH)–C–C–N with tert-alkyl or cyclic N) is 1. The number of pyridine rings is 1. The number of hydrogen-bond acceptors (Lipinski definition) is 3. The molecular formula is C16H20N4OS. The van der Waals surface area contributed by atoms with Gasteiger partial charge in [0.25, 0.3) is 0 Å². The van der Waals surface area contributed by atoms with Crippen LogP contribution in [0.3, 0.4) is 0 Å². The van der Waals surface area contributed by atoms with Gasteiger partial charge in [-0.2, -0.15) is 0 Å². The number of nitrogens with one attached hydrogen (secondary N) is 1. The molecule has 6 heteroatoms. The summed E-state index contributed by atoms with van der Waals surface area (Å²) in [6.45, 7) is 2.65. The van der Waals surface area contributed by atoms with Gasteiger partial charge in [-0.05, 0) is 43.4 Å². The molecule has 116 valence electrons. The lowest BCUT2D eigenvalue weighted by atomic mass is 10.0. The molecule has 5 nitrogen and oxygen atoms in total. The third kappa shape index (κ3) is 2.48. The fraction of sp³-hybridized carbons (Fsp3) is 0.375. The van der Waals surface area contributed by atoms with E-state index in [-0.39, 0.29) is 18.7 Å². The van der Waals surface area contributed by atoms with Crippen LogP contribution in [0, 0.1) is 6.92 Å². The lowest BCUT2D eigenvalue weighted by Crippen LogP contribution is -2.32. The van der Waals surface area contributed by atoms with E-state index in [0.717, 1.165) is 11.4 Å². The summed E-state index contributed by atoms with van der Waals surface area (Å²) in [6, 6.07) is 10.1. The van der Waals surface area contributed by atoms with Crippen molar-refractivity contribution in [2.75, 3.05) is 13.2 Å². The largest absolute Gasteiger partial charge is 0.395 e. The minimum absolute atomic E-state index is 0.0201. The molecule has 3 heterocycles. The van der Waals surface area contributed by atoms with Gasteiger partial charge in [0.1, 0.15) is 0 Å². The standard InChI is InChI=1S/C16H20N4OS/c1-11-6-7-13(19(11)2)15-14(12-5-3-4-8-17-12)18-16(22)20(15)9-10-21/h3-8,14-15,21H,9-10H2,1-2H3,(H,18,22)/t14-,15-/m1/s1. The van der Waals surface area contributed by atoms with Crippen LogP contribution < -0.4 is 5.32 Å². The van der Waals surface area contributed by atoms with Gasteiger partial charge >= 0.3 is 0 Å². The second-order valence-corrected chi connectivity index (χ2v) is 5.89. The molecule has 1 aliphatic heterocycles. The first-order valence-corrected chi connectivity index (χ1v) is 7.75. The van der Waals surface area contributed by atoms with Crippen molar-refractivity contribution in [1.29, 1.82) is 0 Å². The van der Waals surface area contributed by atoms with Crippen molar-refractivity contribution in [2.45, 2.75) is 19.0 Å². The minimum Gasteiger partial charge on any atom is -0.395 e. The number of aryl methyl sites for hydroxylation is 1. The van der Waals surface area contributed by atoms with Crippen molar-refractivity contribution in [3.05, 3.63) is 53.6 Å². The molecule has 2 aromatic heterocycles. The molecular weight excluding hydrogens is 296 g/mol. The second kappa shape index (κ2) is 6.06.